The molecule has 0 aromatic rings. The van der Waals surface area contributed by atoms with Crippen molar-refractivity contribution in [2.75, 3.05) is 66.1 Å². The Hall–Kier alpha value is -0.720. The maximum Gasteiger partial charge on any atom is 0.0701 e. The van der Waals surface area contributed by atoms with Gasteiger partial charge in [0.1, 0.15) is 0 Å². The average molecular weight is 330 g/mol. The maximum atomic E-state index is 5.40. The molecule has 0 saturated heterocycles. The van der Waals surface area contributed by atoms with Crippen LogP contribution < -0.4 is 0 Å². The van der Waals surface area contributed by atoms with Crippen LogP contribution in [-0.2, 0) is 23.7 Å². The molecule has 5 nitrogen and oxygen atoms in total. The molecule has 0 aliphatic rings. The second-order valence-corrected chi connectivity index (χ2v) is 4.92. The van der Waals surface area contributed by atoms with Crippen LogP contribution in [0.25, 0.3) is 0 Å². The van der Waals surface area contributed by atoms with Gasteiger partial charge in [-0.15, -0.1) is 13.2 Å². The van der Waals surface area contributed by atoms with E-state index in [4.69, 9.17) is 23.7 Å². The van der Waals surface area contributed by atoms with Crippen molar-refractivity contribution in [3.63, 3.8) is 0 Å². The highest BCUT2D eigenvalue weighted by Gasteiger charge is 1.93. The van der Waals surface area contributed by atoms with Crippen LogP contribution in [0.2, 0.25) is 0 Å². The highest BCUT2D eigenvalue weighted by molar-refractivity contribution is 4.65. The molecule has 0 aromatic carbocycles. The number of allylic oxidation sites excluding steroid dienone is 2. The van der Waals surface area contributed by atoms with Gasteiger partial charge in [-0.3, -0.25) is 0 Å². The van der Waals surface area contributed by atoms with E-state index in [0.29, 0.717) is 52.9 Å². The number of unbranched alkanes of at least 4 members (excludes halogenated alkanes) is 2. The molecule has 0 spiro atoms. The highest BCUT2D eigenvalue weighted by Crippen LogP contribution is 1.91. The molecule has 0 bridgehead atoms. The van der Waals surface area contributed by atoms with Crippen LogP contribution in [0.15, 0.2) is 25.3 Å². The molecule has 0 rings (SSSR count). The van der Waals surface area contributed by atoms with E-state index in [1.807, 2.05) is 12.2 Å². The molecule has 136 valence electrons. The van der Waals surface area contributed by atoms with Gasteiger partial charge in [0.25, 0.3) is 0 Å². The number of rotatable bonds is 20. The summed E-state index contributed by atoms with van der Waals surface area (Å²) in [4.78, 5) is 0. The minimum Gasteiger partial charge on any atom is -0.379 e. The van der Waals surface area contributed by atoms with Gasteiger partial charge in [0.15, 0.2) is 0 Å². The molecule has 0 aliphatic carbocycles. The Balaban J connectivity index is 2.94. The molecule has 0 heterocycles. The quantitative estimate of drug-likeness (QED) is 0.254. The van der Waals surface area contributed by atoms with Crippen LogP contribution in [0, 0.1) is 0 Å². The first-order valence-electron chi connectivity index (χ1n) is 8.52. The zero-order valence-corrected chi connectivity index (χ0v) is 14.5. The molecule has 0 atom stereocenters. The zero-order chi connectivity index (χ0) is 16.8. The Kier molecular flexibility index (Phi) is 20.6. The van der Waals surface area contributed by atoms with Gasteiger partial charge >= 0.3 is 0 Å². The Morgan fingerprint density at radius 1 is 0.435 bits per heavy atom. The molecule has 0 fully saturated rings. The number of hydrogen-bond donors (Lipinski definition) is 0. The first-order valence-corrected chi connectivity index (χ1v) is 8.52. The van der Waals surface area contributed by atoms with E-state index in [0.717, 1.165) is 38.9 Å². The molecule has 0 aromatic heterocycles. The predicted octanol–water partition coefficient (Wildman–Crippen LogP) is 3.00. The molecule has 5 heteroatoms. The van der Waals surface area contributed by atoms with Crippen LogP contribution in [-0.4, -0.2) is 66.1 Å². The van der Waals surface area contributed by atoms with Gasteiger partial charge in [0.2, 0.25) is 0 Å². The average Bonchev–Trinajstić information content (AvgIpc) is 2.57. The molecule has 0 unspecified atom stereocenters. The van der Waals surface area contributed by atoms with Crippen LogP contribution >= 0.6 is 0 Å². The Labute approximate surface area is 141 Å². The van der Waals surface area contributed by atoms with Crippen molar-refractivity contribution in [2.24, 2.45) is 0 Å². The summed E-state index contributed by atoms with van der Waals surface area (Å²) in [5.41, 5.74) is 0. The Morgan fingerprint density at radius 2 is 0.696 bits per heavy atom. The van der Waals surface area contributed by atoms with Crippen molar-refractivity contribution in [3.8, 4) is 0 Å². The van der Waals surface area contributed by atoms with Gasteiger partial charge in [-0.25, -0.2) is 0 Å². The topological polar surface area (TPSA) is 46.2 Å². The van der Waals surface area contributed by atoms with Gasteiger partial charge in [-0.2, -0.15) is 0 Å². The molecule has 0 amide bonds. The van der Waals surface area contributed by atoms with Gasteiger partial charge in [0, 0.05) is 13.2 Å². The first kappa shape index (κ1) is 22.3. The van der Waals surface area contributed by atoms with Gasteiger partial charge in [0.05, 0.1) is 52.9 Å². The van der Waals surface area contributed by atoms with Crippen molar-refractivity contribution in [3.05, 3.63) is 25.3 Å². The smallest absolute Gasteiger partial charge is 0.0701 e. The van der Waals surface area contributed by atoms with Crippen molar-refractivity contribution in [2.45, 2.75) is 25.7 Å². The first-order chi connectivity index (χ1) is 11.4. The summed E-state index contributed by atoms with van der Waals surface area (Å²) in [6.45, 7) is 13.7. The molecule has 0 N–H and O–H groups in total. The van der Waals surface area contributed by atoms with Crippen molar-refractivity contribution in [1.29, 1.82) is 0 Å². The van der Waals surface area contributed by atoms with Crippen LogP contribution in [0.3, 0.4) is 0 Å². The van der Waals surface area contributed by atoms with Crippen LogP contribution in [0.4, 0.5) is 0 Å². The van der Waals surface area contributed by atoms with E-state index in [-0.39, 0.29) is 0 Å². The predicted molar refractivity (Wildman–Crippen MR) is 93.0 cm³/mol. The lowest BCUT2D eigenvalue weighted by atomic mass is 10.3. The number of ether oxygens (including phenoxy) is 5. The molecule has 0 aliphatic heterocycles. The normalized spacial score (nSPS) is 10.8. The van der Waals surface area contributed by atoms with Gasteiger partial charge < -0.3 is 23.7 Å². The minimum absolute atomic E-state index is 0.581. The fourth-order valence-corrected chi connectivity index (χ4v) is 1.64. The van der Waals surface area contributed by atoms with E-state index in [2.05, 4.69) is 13.2 Å². The molecular formula is C18H34O5. The third kappa shape index (κ3) is 21.3. The zero-order valence-electron chi connectivity index (χ0n) is 14.5. The Bertz CT molecular complexity index is 222. The van der Waals surface area contributed by atoms with Crippen molar-refractivity contribution < 1.29 is 23.7 Å². The Morgan fingerprint density at radius 3 is 0.957 bits per heavy atom. The monoisotopic (exact) mass is 330 g/mol. The maximum absolute atomic E-state index is 5.40. The summed E-state index contributed by atoms with van der Waals surface area (Å²) in [6, 6.07) is 0. The van der Waals surface area contributed by atoms with E-state index in [9.17, 15) is 0 Å². The number of hydrogen-bond acceptors (Lipinski definition) is 5. The fraction of sp³-hybridized carbons (Fsp3) is 0.778. The van der Waals surface area contributed by atoms with Gasteiger partial charge in [-0.1, -0.05) is 12.2 Å². The molecule has 0 radical (unpaired) electrons. The van der Waals surface area contributed by atoms with Crippen molar-refractivity contribution >= 4 is 0 Å². The fourth-order valence-electron chi connectivity index (χ4n) is 1.64. The van der Waals surface area contributed by atoms with E-state index >= 15 is 0 Å². The van der Waals surface area contributed by atoms with E-state index < -0.39 is 0 Å². The second-order valence-electron chi connectivity index (χ2n) is 4.92. The van der Waals surface area contributed by atoms with E-state index in [1.54, 1.807) is 0 Å². The van der Waals surface area contributed by atoms with Crippen LogP contribution in [0.5, 0.6) is 0 Å². The lowest BCUT2D eigenvalue weighted by molar-refractivity contribution is -0.0111. The summed E-state index contributed by atoms with van der Waals surface area (Å²) in [7, 11) is 0. The summed E-state index contributed by atoms with van der Waals surface area (Å²) in [6.07, 6.45) is 7.84. The summed E-state index contributed by atoms with van der Waals surface area (Å²) in [5, 5.41) is 0. The summed E-state index contributed by atoms with van der Waals surface area (Å²) >= 11 is 0. The third-order valence-corrected chi connectivity index (χ3v) is 2.88. The summed E-state index contributed by atoms with van der Waals surface area (Å²) < 4.78 is 27.0. The molecule has 0 saturated carbocycles. The van der Waals surface area contributed by atoms with Crippen molar-refractivity contribution in [1.82, 2.24) is 0 Å². The summed E-state index contributed by atoms with van der Waals surface area (Å²) in [5.74, 6) is 0. The van der Waals surface area contributed by atoms with E-state index in [1.165, 1.54) is 0 Å². The largest absolute Gasteiger partial charge is 0.379 e. The minimum atomic E-state index is 0.581. The molecular weight excluding hydrogens is 296 g/mol. The highest BCUT2D eigenvalue weighted by atomic mass is 16.6. The van der Waals surface area contributed by atoms with Gasteiger partial charge in [-0.05, 0) is 25.7 Å². The lowest BCUT2D eigenvalue weighted by Gasteiger charge is -2.07. The third-order valence-electron chi connectivity index (χ3n) is 2.88. The standard InChI is InChI=1S/C18H34O5/c1-3-5-7-9-19-11-13-21-15-17-23-18-16-22-14-12-20-10-8-6-4-2/h3-4H,1-2,5-18H2. The molecule has 23 heavy (non-hydrogen) atoms. The van der Waals surface area contributed by atoms with Crippen LogP contribution in [0.1, 0.15) is 25.7 Å². The SMILES string of the molecule is C=CCCCOCCOCCOCCOCCOCCCC=C. The lowest BCUT2D eigenvalue weighted by Crippen LogP contribution is -2.13. The second kappa shape index (κ2) is 21.3.